The second-order valence-corrected chi connectivity index (χ2v) is 5.03. The Bertz CT molecular complexity index is 507. The van der Waals surface area contributed by atoms with Gasteiger partial charge in [-0.2, -0.15) is 0 Å². The average Bonchev–Trinajstić information content (AvgIpc) is 2.39. The van der Waals surface area contributed by atoms with Crippen molar-refractivity contribution in [2.75, 3.05) is 6.61 Å². The first-order valence-corrected chi connectivity index (χ1v) is 6.95. The topological polar surface area (TPSA) is 19.9 Å². The van der Waals surface area contributed by atoms with Gasteiger partial charge in [0.1, 0.15) is 0 Å². The Kier molecular flexibility index (Phi) is 5.03. The van der Waals surface area contributed by atoms with Gasteiger partial charge in [0.2, 0.25) is 0 Å². The first-order chi connectivity index (χ1) is 8.83. The smallest absolute Gasteiger partial charge is 0.0822 e. The third kappa shape index (κ3) is 3.24. The SMILES string of the molecule is [O]CCCCCCc1cccc2c(Cl)cccc12. The van der Waals surface area contributed by atoms with Gasteiger partial charge in [-0.05, 0) is 36.3 Å². The number of benzene rings is 2. The van der Waals surface area contributed by atoms with Gasteiger partial charge in [-0.1, -0.05) is 54.8 Å². The van der Waals surface area contributed by atoms with Crippen molar-refractivity contribution in [1.29, 1.82) is 0 Å². The van der Waals surface area contributed by atoms with Gasteiger partial charge < -0.3 is 0 Å². The second kappa shape index (κ2) is 6.77. The van der Waals surface area contributed by atoms with Gasteiger partial charge in [-0.25, -0.2) is 5.11 Å². The van der Waals surface area contributed by atoms with Crippen molar-refractivity contribution in [3.8, 4) is 0 Å². The van der Waals surface area contributed by atoms with E-state index in [1.165, 1.54) is 10.9 Å². The summed E-state index contributed by atoms with van der Waals surface area (Å²) < 4.78 is 0. The van der Waals surface area contributed by atoms with E-state index in [0.29, 0.717) is 0 Å². The van der Waals surface area contributed by atoms with Gasteiger partial charge in [0, 0.05) is 10.4 Å². The van der Waals surface area contributed by atoms with Crippen LogP contribution in [0.1, 0.15) is 31.2 Å². The molecule has 2 rings (SSSR count). The lowest BCUT2D eigenvalue weighted by atomic mass is 9.99. The molecule has 0 aliphatic heterocycles. The van der Waals surface area contributed by atoms with E-state index >= 15 is 0 Å². The van der Waals surface area contributed by atoms with E-state index in [-0.39, 0.29) is 6.61 Å². The highest BCUT2D eigenvalue weighted by molar-refractivity contribution is 6.35. The molecule has 95 valence electrons. The van der Waals surface area contributed by atoms with Gasteiger partial charge in [0.25, 0.3) is 0 Å². The van der Waals surface area contributed by atoms with Crippen LogP contribution in [0.25, 0.3) is 10.8 Å². The lowest BCUT2D eigenvalue weighted by Gasteiger charge is -2.07. The standard InChI is InChI=1S/C16H18ClO/c17-16-11-6-9-14-13(8-5-10-15(14)16)7-3-1-2-4-12-18/h5-6,8-11H,1-4,7,12H2. The Labute approximate surface area is 113 Å². The van der Waals surface area contributed by atoms with Crippen molar-refractivity contribution in [3.63, 3.8) is 0 Å². The first-order valence-electron chi connectivity index (χ1n) is 6.57. The predicted octanol–water partition coefficient (Wildman–Crippen LogP) is 5.03. The molecule has 0 spiro atoms. The number of rotatable bonds is 6. The highest BCUT2D eigenvalue weighted by Gasteiger charge is 2.03. The molecule has 0 unspecified atom stereocenters. The molecule has 0 aromatic heterocycles. The zero-order valence-corrected chi connectivity index (χ0v) is 11.2. The normalized spacial score (nSPS) is 11.0. The molecule has 0 amide bonds. The summed E-state index contributed by atoms with van der Waals surface area (Å²) >= 11 is 6.20. The molecule has 2 aromatic rings. The van der Waals surface area contributed by atoms with E-state index in [1.807, 2.05) is 12.1 Å². The Morgan fingerprint density at radius 1 is 0.833 bits per heavy atom. The number of fused-ring (bicyclic) bond motifs is 1. The highest BCUT2D eigenvalue weighted by Crippen LogP contribution is 2.26. The zero-order valence-electron chi connectivity index (χ0n) is 10.5. The maximum atomic E-state index is 10.4. The number of halogens is 1. The summed E-state index contributed by atoms with van der Waals surface area (Å²) in [6.45, 7) is 0.0594. The average molecular weight is 262 g/mol. The van der Waals surface area contributed by atoms with E-state index < -0.39 is 0 Å². The molecular formula is C16H18ClO. The Hall–Kier alpha value is -1.05. The summed E-state index contributed by atoms with van der Waals surface area (Å²) in [5.41, 5.74) is 1.36. The van der Waals surface area contributed by atoms with Crippen LogP contribution in [0.3, 0.4) is 0 Å². The Morgan fingerprint density at radius 3 is 2.39 bits per heavy atom. The van der Waals surface area contributed by atoms with Crippen LogP contribution in [-0.4, -0.2) is 6.61 Å². The molecule has 0 aliphatic carbocycles. The van der Waals surface area contributed by atoms with Gasteiger partial charge in [0.05, 0.1) is 6.61 Å². The summed E-state index contributed by atoms with van der Waals surface area (Å²) in [5.74, 6) is 0. The molecule has 0 saturated carbocycles. The molecule has 0 N–H and O–H groups in total. The summed E-state index contributed by atoms with van der Waals surface area (Å²) in [6, 6.07) is 12.4. The lowest BCUT2D eigenvalue weighted by molar-refractivity contribution is 0.186. The molecule has 18 heavy (non-hydrogen) atoms. The fourth-order valence-electron chi connectivity index (χ4n) is 2.33. The molecule has 0 fully saturated rings. The van der Waals surface area contributed by atoms with Crippen LogP contribution < -0.4 is 0 Å². The monoisotopic (exact) mass is 261 g/mol. The molecule has 0 atom stereocenters. The third-order valence-corrected chi connectivity index (χ3v) is 3.63. The maximum absolute atomic E-state index is 10.4. The summed E-state index contributed by atoms with van der Waals surface area (Å²) in [6.07, 6.45) is 5.21. The molecule has 2 aromatic carbocycles. The largest absolute Gasteiger partial charge is 0.237 e. The van der Waals surface area contributed by atoms with E-state index in [1.54, 1.807) is 0 Å². The van der Waals surface area contributed by atoms with Crippen molar-refractivity contribution in [2.45, 2.75) is 32.1 Å². The predicted molar refractivity (Wildman–Crippen MR) is 76.7 cm³/mol. The molecule has 0 heterocycles. The summed E-state index contributed by atoms with van der Waals surface area (Å²) in [4.78, 5) is 0. The van der Waals surface area contributed by atoms with Gasteiger partial charge in [-0.15, -0.1) is 0 Å². The van der Waals surface area contributed by atoms with E-state index in [0.717, 1.165) is 42.5 Å². The minimum absolute atomic E-state index is 0.0594. The minimum Gasteiger partial charge on any atom is -0.237 e. The minimum atomic E-state index is 0.0594. The zero-order chi connectivity index (χ0) is 12.8. The van der Waals surface area contributed by atoms with E-state index in [2.05, 4.69) is 24.3 Å². The molecule has 1 radical (unpaired) electrons. The number of hydrogen-bond donors (Lipinski definition) is 0. The highest BCUT2D eigenvalue weighted by atomic mass is 35.5. The van der Waals surface area contributed by atoms with Crippen LogP contribution in [0.15, 0.2) is 36.4 Å². The van der Waals surface area contributed by atoms with Crippen LogP contribution in [0.2, 0.25) is 5.02 Å². The number of hydrogen-bond acceptors (Lipinski definition) is 0. The molecule has 0 saturated heterocycles. The van der Waals surface area contributed by atoms with Crippen molar-refractivity contribution < 1.29 is 5.11 Å². The van der Waals surface area contributed by atoms with Crippen LogP contribution in [0.4, 0.5) is 0 Å². The molecule has 1 nitrogen and oxygen atoms in total. The number of aryl methyl sites for hydroxylation is 1. The summed E-state index contributed by atoms with van der Waals surface area (Å²) in [7, 11) is 0. The van der Waals surface area contributed by atoms with Gasteiger partial charge >= 0.3 is 0 Å². The quantitative estimate of drug-likeness (QED) is 0.650. The van der Waals surface area contributed by atoms with Crippen molar-refractivity contribution >= 4 is 22.4 Å². The second-order valence-electron chi connectivity index (χ2n) is 4.62. The molecule has 2 heteroatoms. The fourth-order valence-corrected chi connectivity index (χ4v) is 2.56. The van der Waals surface area contributed by atoms with Crippen LogP contribution >= 0.6 is 11.6 Å². The van der Waals surface area contributed by atoms with Crippen molar-refractivity contribution in [2.24, 2.45) is 0 Å². The molecule has 0 aliphatic rings. The van der Waals surface area contributed by atoms with Crippen LogP contribution in [0, 0.1) is 0 Å². The van der Waals surface area contributed by atoms with Crippen molar-refractivity contribution in [3.05, 3.63) is 47.0 Å². The van der Waals surface area contributed by atoms with Gasteiger partial charge in [-0.3, -0.25) is 0 Å². The van der Waals surface area contributed by atoms with Crippen LogP contribution in [0.5, 0.6) is 0 Å². The molecule has 0 bridgehead atoms. The van der Waals surface area contributed by atoms with E-state index in [9.17, 15) is 5.11 Å². The van der Waals surface area contributed by atoms with Crippen molar-refractivity contribution in [1.82, 2.24) is 0 Å². The summed E-state index contributed by atoms with van der Waals surface area (Å²) in [5, 5.41) is 13.6. The van der Waals surface area contributed by atoms with Crippen LogP contribution in [-0.2, 0) is 11.5 Å². The number of unbranched alkanes of at least 4 members (excludes halogenated alkanes) is 3. The van der Waals surface area contributed by atoms with Gasteiger partial charge in [0.15, 0.2) is 0 Å². The first kappa shape index (κ1) is 13.4. The Morgan fingerprint density at radius 2 is 1.56 bits per heavy atom. The molecular weight excluding hydrogens is 244 g/mol. The third-order valence-electron chi connectivity index (χ3n) is 3.30. The van der Waals surface area contributed by atoms with E-state index in [4.69, 9.17) is 11.6 Å². The fraction of sp³-hybridized carbons (Fsp3) is 0.375. The Balaban J connectivity index is 2.07. The lowest BCUT2D eigenvalue weighted by Crippen LogP contribution is -1.89. The maximum Gasteiger partial charge on any atom is 0.0822 e.